The molecular weight excluding hydrogens is 483 g/mol. The van der Waals surface area contributed by atoms with E-state index in [1.165, 1.54) is 16.7 Å². The molecule has 33 heavy (non-hydrogen) atoms. The van der Waals surface area contributed by atoms with Crippen LogP contribution >= 0.6 is 35.0 Å². The number of halogens is 2. The van der Waals surface area contributed by atoms with E-state index in [1.54, 1.807) is 74.6 Å². The van der Waals surface area contributed by atoms with Crippen molar-refractivity contribution in [3.8, 4) is 11.3 Å². The quantitative estimate of drug-likeness (QED) is 0.289. The van der Waals surface area contributed by atoms with Crippen LogP contribution in [0.3, 0.4) is 0 Å². The molecule has 2 heterocycles. The number of furan rings is 1. The zero-order valence-electron chi connectivity index (χ0n) is 17.7. The smallest absolute Gasteiger partial charge is 0.338 e. The molecule has 1 aliphatic rings. The molecule has 0 unspecified atom stereocenters. The Balaban J connectivity index is 1.53. The van der Waals surface area contributed by atoms with Gasteiger partial charge in [0.25, 0.3) is 5.91 Å². The van der Waals surface area contributed by atoms with E-state index < -0.39 is 0 Å². The summed E-state index contributed by atoms with van der Waals surface area (Å²) in [6, 6.07) is 15.4. The number of likely N-dealkylation sites (N-methyl/N-ethyl adjacent to an activating group) is 1. The van der Waals surface area contributed by atoms with Crippen molar-refractivity contribution in [2.45, 2.75) is 6.92 Å². The average Bonchev–Trinajstić information content (AvgIpc) is 3.35. The number of carbonyl (C=O) groups is 2. The largest absolute Gasteiger partial charge is 0.462 e. The fourth-order valence-electron chi connectivity index (χ4n) is 3.04. The third-order valence-electron chi connectivity index (χ3n) is 4.70. The summed E-state index contributed by atoms with van der Waals surface area (Å²) in [6.45, 7) is 2.06. The van der Waals surface area contributed by atoms with Gasteiger partial charge in [0.05, 0.1) is 27.8 Å². The first-order valence-corrected chi connectivity index (χ1v) is 11.5. The number of amides is 1. The number of carbonyl (C=O) groups excluding carboxylic acids is 2. The Labute approximate surface area is 204 Å². The second kappa shape index (κ2) is 9.87. The summed E-state index contributed by atoms with van der Waals surface area (Å²) >= 11 is 13.5. The normalized spacial score (nSPS) is 16.1. The highest BCUT2D eigenvalue weighted by atomic mass is 35.5. The molecule has 1 saturated heterocycles. The molecule has 2 aromatic carbocycles. The van der Waals surface area contributed by atoms with Gasteiger partial charge >= 0.3 is 5.97 Å². The molecule has 168 valence electrons. The minimum atomic E-state index is -0.387. The van der Waals surface area contributed by atoms with Crippen LogP contribution in [0.5, 0.6) is 0 Å². The highest BCUT2D eigenvalue weighted by Gasteiger charge is 2.30. The molecule has 0 saturated carbocycles. The Morgan fingerprint density at radius 1 is 1.15 bits per heavy atom. The number of amidine groups is 1. The molecule has 9 heteroatoms. The van der Waals surface area contributed by atoms with Crippen LogP contribution < -0.4 is 0 Å². The fourth-order valence-corrected chi connectivity index (χ4v) is 4.51. The van der Waals surface area contributed by atoms with Gasteiger partial charge in [-0.3, -0.25) is 9.69 Å². The number of nitrogens with zero attached hydrogens (tertiary/aromatic N) is 2. The number of benzene rings is 2. The highest BCUT2D eigenvalue weighted by Crippen LogP contribution is 2.35. The van der Waals surface area contributed by atoms with Crippen molar-refractivity contribution in [2.75, 3.05) is 13.7 Å². The minimum Gasteiger partial charge on any atom is -0.462 e. The van der Waals surface area contributed by atoms with Crippen LogP contribution in [0, 0.1) is 0 Å². The molecule has 1 aliphatic heterocycles. The van der Waals surface area contributed by atoms with E-state index in [2.05, 4.69) is 4.99 Å². The molecule has 3 aromatic rings. The van der Waals surface area contributed by atoms with Crippen molar-refractivity contribution < 1.29 is 18.7 Å². The molecular formula is C24H18Cl2N2O4S. The standard InChI is InChI=1S/C24H18Cl2N2O4S/c1-3-31-23(30)14-4-7-16(8-5-14)27-24-28(2)22(29)21(33-24)13-17-9-11-20(32-17)18-10-6-15(25)12-19(18)26/h4-13H,3H2,1-2H3. The van der Waals surface area contributed by atoms with Gasteiger partial charge in [-0.15, -0.1) is 0 Å². The maximum absolute atomic E-state index is 12.7. The fraction of sp³-hybridized carbons (Fsp3) is 0.125. The van der Waals surface area contributed by atoms with Crippen LogP contribution in [0.2, 0.25) is 10.0 Å². The van der Waals surface area contributed by atoms with Crippen LogP contribution in [0.15, 0.2) is 68.9 Å². The van der Waals surface area contributed by atoms with Gasteiger partial charge in [0, 0.05) is 23.7 Å². The van der Waals surface area contributed by atoms with E-state index in [1.807, 2.05) is 0 Å². The number of rotatable bonds is 5. The van der Waals surface area contributed by atoms with E-state index in [-0.39, 0.29) is 11.9 Å². The minimum absolute atomic E-state index is 0.190. The van der Waals surface area contributed by atoms with Gasteiger partial charge in [0.2, 0.25) is 0 Å². The Bertz CT molecular complexity index is 1280. The van der Waals surface area contributed by atoms with Crippen LogP contribution in [-0.2, 0) is 9.53 Å². The molecule has 0 radical (unpaired) electrons. The summed E-state index contributed by atoms with van der Waals surface area (Å²) in [7, 11) is 1.66. The first-order chi connectivity index (χ1) is 15.9. The summed E-state index contributed by atoms with van der Waals surface area (Å²) in [6.07, 6.45) is 1.67. The van der Waals surface area contributed by atoms with E-state index in [0.29, 0.717) is 55.1 Å². The van der Waals surface area contributed by atoms with Gasteiger partial charge < -0.3 is 9.15 Å². The van der Waals surface area contributed by atoms with Gasteiger partial charge in [-0.05, 0) is 73.3 Å². The molecule has 0 aliphatic carbocycles. The van der Waals surface area contributed by atoms with Gasteiger partial charge in [-0.1, -0.05) is 23.2 Å². The Morgan fingerprint density at radius 3 is 2.61 bits per heavy atom. The van der Waals surface area contributed by atoms with E-state index in [9.17, 15) is 9.59 Å². The van der Waals surface area contributed by atoms with Crippen LogP contribution in [0.25, 0.3) is 17.4 Å². The van der Waals surface area contributed by atoms with Crippen LogP contribution in [-0.4, -0.2) is 35.6 Å². The summed E-state index contributed by atoms with van der Waals surface area (Å²) in [5.74, 6) is 0.509. The average molecular weight is 501 g/mol. The van der Waals surface area contributed by atoms with Crippen molar-refractivity contribution in [3.05, 3.63) is 80.9 Å². The van der Waals surface area contributed by atoms with Gasteiger partial charge in [0.1, 0.15) is 11.5 Å². The zero-order chi connectivity index (χ0) is 23.5. The zero-order valence-corrected chi connectivity index (χ0v) is 20.0. The first-order valence-electron chi connectivity index (χ1n) is 9.94. The second-order valence-electron chi connectivity index (χ2n) is 6.96. The van der Waals surface area contributed by atoms with E-state index in [4.69, 9.17) is 32.4 Å². The summed E-state index contributed by atoms with van der Waals surface area (Å²) in [5.41, 5.74) is 1.77. The van der Waals surface area contributed by atoms with Crippen molar-refractivity contribution in [1.29, 1.82) is 0 Å². The molecule has 1 amide bonds. The molecule has 0 bridgehead atoms. The predicted molar refractivity (Wildman–Crippen MR) is 132 cm³/mol. The lowest BCUT2D eigenvalue weighted by Gasteiger charge is -2.07. The Kier molecular flexibility index (Phi) is 6.93. The highest BCUT2D eigenvalue weighted by molar-refractivity contribution is 8.18. The summed E-state index contributed by atoms with van der Waals surface area (Å²) < 4.78 is 10.9. The van der Waals surface area contributed by atoms with Gasteiger partial charge in [0.15, 0.2) is 5.17 Å². The third kappa shape index (κ3) is 5.16. The van der Waals surface area contributed by atoms with Gasteiger partial charge in [-0.2, -0.15) is 0 Å². The SMILES string of the molecule is CCOC(=O)c1ccc(N=C2SC(=Cc3ccc(-c4ccc(Cl)cc4Cl)o3)C(=O)N2C)cc1. The van der Waals surface area contributed by atoms with E-state index in [0.717, 1.165) is 0 Å². The van der Waals surface area contributed by atoms with Crippen LogP contribution in [0.1, 0.15) is 23.0 Å². The molecule has 0 spiro atoms. The summed E-state index contributed by atoms with van der Waals surface area (Å²) in [4.78, 5) is 31.0. The Hall–Kier alpha value is -3.00. The lowest BCUT2D eigenvalue weighted by Crippen LogP contribution is -2.23. The molecule has 4 rings (SSSR count). The maximum Gasteiger partial charge on any atom is 0.338 e. The number of esters is 1. The molecule has 0 atom stereocenters. The van der Waals surface area contributed by atoms with Crippen molar-refractivity contribution in [2.24, 2.45) is 4.99 Å². The monoisotopic (exact) mass is 500 g/mol. The number of thioether (sulfide) groups is 1. The first kappa shape index (κ1) is 23.2. The Morgan fingerprint density at radius 2 is 1.91 bits per heavy atom. The number of hydrogen-bond acceptors (Lipinski definition) is 6. The van der Waals surface area contributed by atoms with Gasteiger partial charge in [-0.25, -0.2) is 9.79 Å². The predicted octanol–water partition coefficient (Wildman–Crippen LogP) is 6.66. The number of ether oxygens (including phenoxy) is 1. The number of hydrogen-bond donors (Lipinski definition) is 0. The molecule has 1 aromatic heterocycles. The van der Waals surface area contributed by atoms with Crippen molar-refractivity contribution >= 4 is 63.8 Å². The molecule has 0 N–H and O–H groups in total. The third-order valence-corrected chi connectivity index (χ3v) is 6.31. The summed E-state index contributed by atoms with van der Waals surface area (Å²) in [5, 5.41) is 1.53. The number of aliphatic imine (C=N–C) groups is 1. The van der Waals surface area contributed by atoms with E-state index >= 15 is 0 Å². The maximum atomic E-state index is 12.7. The lowest BCUT2D eigenvalue weighted by molar-refractivity contribution is -0.121. The topological polar surface area (TPSA) is 72.1 Å². The second-order valence-corrected chi connectivity index (χ2v) is 8.82. The lowest BCUT2D eigenvalue weighted by atomic mass is 10.2. The molecule has 6 nitrogen and oxygen atoms in total. The molecule has 1 fully saturated rings. The van der Waals surface area contributed by atoms with Crippen molar-refractivity contribution in [3.63, 3.8) is 0 Å². The van der Waals surface area contributed by atoms with Crippen LogP contribution in [0.4, 0.5) is 5.69 Å². The van der Waals surface area contributed by atoms with Crippen molar-refractivity contribution in [1.82, 2.24) is 4.90 Å².